The van der Waals surface area contributed by atoms with Crippen molar-refractivity contribution in [2.75, 3.05) is 6.54 Å². The standard InChI is InChI=1S/C20H22N6/c1-24-17-7-3-2-6-15(17)23-20(24)14-25-12-5-4-8-18(25)16-10-13-26-19(22-16)9-11-21-26/h2-3,6-7,9-11,13,18H,4-5,8,12,14H2,1H3/t18-/m0/s1. The fourth-order valence-corrected chi connectivity index (χ4v) is 4.05. The van der Waals surface area contributed by atoms with Crippen LogP contribution in [0, 0.1) is 0 Å². The molecule has 1 saturated heterocycles. The molecule has 0 unspecified atom stereocenters. The Labute approximate surface area is 152 Å². The average Bonchev–Trinajstić information content (AvgIpc) is 3.27. The molecule has 0 amide bonds. The van der Waals surface area contributed by atoms with Crippen LogP contribution < -0.4 is 0 Å². The summed E-state index contributed by atoms with van der Waals surface area (Å²) in [4.78, 5) is 12.2. The summed E-state index contributed by atoms with van der Waals surface area (Å²) in [6.07, 6.45) is 7.43. The molecule has 0 bridgehead atoms. The molecule has 132 valence electrons. The van der Waals surface area contributed by atoms with E-state index in [1.807, 2.05) is 22.8 Å². The van der Waals surface area contributed by atoms with E-state index in [0.717, 1.165) is 42.2 Å². The fraction of sp³-hybridized carbons (Fsp3) is 0.350. The van der Waals surface area contributed by atoms with Gasteiger partial charge in [0.2, 0.25) is 0 Å². The van der Waals surface area contributed by atoms with Gasteiger partial charge >= 0.3 is 0 Å². The van der Waals surface area contributed by atoms with Crippen molar-refractivity contribution in [1.82, 2.24) is 29.0 Å². The lowest BCUT2D eigenvalue weighted by Crippen LogP contribution is -2.34. The van der Waals surface area contributed by atoms with Gasteiger partial charge in [-0.2, -0.15) is 5.10 Å². The Morgan fingerprint density at radius 1 is 1.08 bits per heavy atom. The molecule has 1 aliphatic heterocycles. The van der Waals surface area contributed by atoms with E-state index >= 15 is 0 Å². The minimum absolute atomic E-state index is 0.337. The number of imidazole rings is 1. The molecule has 1 atom stereocenters. The normalized spacial score (nSPS) is 18.7. The lowest BCUT2D eigenvalue weighted by atomic mass is 9.99. The number of rotatable bonds is 3. The van der Waals surface area contributed by atoms with Crippen LogP contribution in [0.2, 0.25) is 0 Å². The highest BCUT2D eigenvalue weighted by molar-refractivity contribution is 5.75. The van der Waals surface area contributed by atoms with Crippen molar-refractivity contribution in [2.24, 2.45) is 7.05 Å². The smallest absolute Gasteiger partial charge is 0.155 e. The second-order valence-corrected chi connectivity index (χ2v) is 7.04. The van der Waals surface area contributed by atoms with Crippen LogP contribution in [0.4, 0.5) is 0 Å². The Bertz CT molecular complexity index is 1060. The summed E-state index contributed by atoms with van der Waals surface area (Å²) in [6.45, 7) is 1.93. The number of hydrogen-bond acceptors (Lipinski definition) is 4. The van der Waals surface area contributed by atoms with E-state index in [4.69, 9.17) is 9.97 Å². The Morgan fingerprint density at radius 3 is 2.92 bits per heavy atom. The highest BCUT2D eigenvalue weighted by atomic mass is 15.3. The Kier molecular flexibility index (Phi) is 3.71. The first kappa shape index (κ1) is 15.5. The zero-order valence-corrected chi connectivity index (χ0v) is 14.9. The number of para-hydroxylation sites is 2. The summed E-state index contributed by atoms with van der Waals surface area (Å²) in [5, 5.41) is 4.25. The van der Waals surface area contributed by atoms with Gasteiger partial charge in [-0.1, -0.05) is 18.6 Å². The highest BCUT2D eigenvalue weighted by Gasteiger charge is 2.26. The largest absolute Gasteiger partial charge is 0.330 e. The summed E-state index contributed by atoms with van der Waals surface area (Å²) < 4.78 is 4.04. The minimum atomic E-state index is 0.337. The molecule has 1 aliphatic rings. The Hall–Kier alpha value is -2.73. The Balaban J connectivity index is 1.48. The predicted octanol–water partition coefficient (Wildman–Crippen LogP) is 3.34. The number of aryl methyl sites for hydroxylation is 1. The van der Waals surface area contributed by atoms with E-state index in [0.29, 0.717) is 6.04 Å². The number of nitrogens with zero attached hydrogens (tertiary/aromatic N) is 6. The summed E-state index contributed by atoms with van der Waals surface area (Å²) in [7, 11) is 2.11. The van der Waals surface area contributed by atoms with Gasteiger partial charge in [0.05, 0.1) is 35.5 Å². The number of likely N-dealkylation sites (tertiary alicyclic amines) is 1. The second kappa shape index (κ2) is 6.21. The van der Waals surface area contributed by atoms with Gasteiger partial charge in [-0.15, -0.1) is 0 Å². The van der Waals surface area contributed by atoms with Gasteiger partial charge in [0.25, 0.3) is 0 Å². The molecule has 0 N–H and O–H groups in total. The van der Waals surface area contributed by atoms with Gasteiger partial charge in [-0.3, -0.25) is 4.90 Å². The van der Waals surface area contributed by atoms with Gasteiger partial charge in [0, 0.05) is 19.3 Å². The van der Waals surface area contributed by atoms with Crippen molar-refractivity contribution in [3.63, 3.8) is 0 Å². The average molecular weight is 346 g/mol. The molecule has 4 heterocycles. The summed E-state index contributed by atoms with van der Waals surface area (Å²) in [6, 6.07) is 12.7. The SMILES string of the molecule is Cn1c(CN2CCCC[C@H]2c2ccn3nccc3n2)nc2ccccc21. The molecule has 4 aromatic rings. The van der Waals surface area contributed by atoms with E-state index in [2.05, 4.69) is 45.9 Å². The van der Waals surface area contributed by atoms with Crippen molar-refractivity contribution in [2.45, 2.75) is 31.8 Å². The van der Waals surface area contributed by atoms with E-state index in [-0.39, 0.29) is 0 Å². The zero-order valence-electron chi connectivity index (χ0n) is 14.9. The molecular formula is C20H22N6. The number of piperidine rings is 1. The zero-order chi connectivity index (χ0) is 17.5. The van der Waals surface area contributed by atoms with Crippen molar-refractivity contribution in [3.8, 4) is 0 Å². The number of benzene rings is 1. The maximum atomic E-state index is 4.86. The van der Waals surface area contributed by atoms with Crippen LogP contribution in [-0.2, 0) is 13.6 Å². The third-order valence-electron chi connectivity index (χ3n) is 5.46. The van der Waals surface area contributed by atoms with Gasteiger partial charge in [-0.05, 0) is 37.6 Å². The second-order valence-electron chi connectivity index (χ2n) is 7.04. The molecule has 1 fully saturated rings. The quantitative estimate of drug-likeness (QED) is 0.571. The predicted molar refractivity (Wildman–Crippen MR) is 101 cm³/mol. The highest BCUT2D eigenvalue weighted by Crippen LogP contribution is 2.31. The maximum absolute atomic E-state index is 4.86. The molecule has 6 heteroatoms. The monoisotopic (exact) mass is 346 g/mol. The van der Waals surface area contributed by atoms with Gasteiger partial charge in [-0.25, -0.2) is 14.5 Å². The number of hydrogen-bond donors (Lipinski definition) is 0. The van der Waals surface area contributed by atoms with Crippen LogP contribution in [0.1, 0.15) is 36.8 Å². The van der Waals surface area contributed by atoms with Crippen LogP contribution in [0.15, 0.2) is 48.8 Å². The van der Waals surface area contributed by atoms with Crippen LogP contribution in [0.25, 0.3) is 16.7 Å². The first-order chi connectivity index (χ1) is 12.8. The molecular weight excluding hydrogens is 324 g/mol. The van der Waals surface area contributed by atoms with E-state index < -0.39 is 0 Å². The summed E-state index contributed by atoms with van der Waals surface area (Å²) in [5.41, 5.74) is 4.31. The molecule has 26 heavy (non-hydrogen) atoms. The molecule has 0 spiro atoms. The summed E-state index contributed by atoms with van der Waals surface area (Å²) >= 11 is 0. The number of aromatic nitrogens is 5. The van der Waals surface area contributed by atoms with Gasteiger partial charge in [0.15, 0.2) is 5.65 Å². The molecule has 0 saturated carbocycles. The molecule has 5 rings (SSSR count). The van der Waals surface area contributed by atoms with Crippen LogP contribution >= 0.6 is 0 Å². The van der Waals surface area contributed by atoms with Crippen molar-refractivity contribution < 1.29 is 0 Å². The fourth-order valence-electron chi connectivity index (χ4n) is 4.05. The van der Waals surface area contributed by atoms with Gasteiger partial charge < -0.3 is 4.57 Å². The van der Waals surface area contributed by atoms with Crippen LogP contribution in [0.5, 0.6) is 0 Å². The van der Waals surface area contributed by atoms with Gasteiger partial charge in [0.1, 0.15) is 5.82 Å². The van der Waals surface area contributed by atoms with E-state index in [1.54, 1.807) is 6.20 Å². The molecule has 1 aromatic carbocycles. The first-order valence-electron chi connectivity index (χ1n) is 9.24. The van der Waals surface area contributed by atoms with Crippen LogP contribution in [-0.4, -0.2) is 35.6 Å². The third-order valence-corrected chi connectivity index (χ3v) is 5.46. The topological polar surface area (TPSA) is 51.2 Å². The van der Waals surface area contributed by atoms with Crippen LogP contribution in [0.3, 0.4) is 0 Å². The first-order valence-corrected chi connectivity index (χ1v) is 9.24. The number of fused-ring (bicyclic) bond motifs is 2. The van der Waals surface area contributed by atoms with E-state index in [9.17, 15) is 0 Å². The summed E-state index contributed by atoms with van der Waals surface area (Å²) in [5.74, 6) is 1.11. The Morgan fingerprint density at radius 2 is 2.00 bits per heavy atom. The molecule has 3 aromatic heterocycles. The molecule has 6 nitrogen and oxygen atoms in total. The van der Waals surface area contributed by atoms with Crippen molar-refractivity contribution in [3.05, 3.63) is 60.3 Å². The van der Waals surface area contributed by atoms with Crippen molar-refractivity contribution in [1.29, 1.82) is 0 Å². The van der Waals surface area contributed by atoms with Crippen molar-refractivity contribution >= 4 is 16.7 Å². The minimum Gasteiger partial charge on any atom is -0.330 e. The van der Waals surface area contributed by atoms with E-state index in [1.165, 1.54) is 18.4 Å². The maximum Gasteiger partial charge on any atom is 0.155 e. The molecule has 0 radical (unpaired) electrons. The lowest BCUT2D eigenvalue weighted by molar-refractivity contribution is 0.133. The third kappa shape index (κ3) is 2.57. The molecule has 0 aliphatic carbocycles. The lowest BCUT2D eigenvalue weighted by Gasteiger charge is -2.35.